The van der Waals surface area contributed by atoms with Gasteiger partial charge in [-0.05, 0) is 31.0 Å². The molecule has 0 heterocycles. The number of rotatable bonds is 19. The second kappa shape index (κ2) is 19.1. The largest absolute Gasteiger partial charge is 0.494 e. The molecular formula is C27H46O. The van der Waals surface area contributed by atoms with Gasteiger partial charge in [-0.15, -0.1) is 0 Å². The van der Waals surface area contributed by atoms with Gasteiger partial charge in [-0.3, -0.25) is 0 Å². The van der Waals surface area contributed by atoms with Crippen LogP contribution in [-0.4, -0.2) is 6.61 Å². The lowest BCUT2D eigenvalue weighted by molar-refractivity contribution is 0.304. The van der Waals surface area contributed by atoms with Crippen molar-refractivity contribution in [1.29, 1.82) is 0 Å². The van der Waals surface area contributed by atoms with E-state index < -0.39 is 0 Å². The molecule has 0 atom stereocenters. The van der Waals surface area contributed by atoms with Crippen LogP contribution in [0.2, 0.25) is 0 Å². The summed E-state index contributed by atoms with van der Waals surface area (Å²) in [5.41, 5.74) is 1.23. The SMILES string of the molecule is CC=Cc1ccc(OCCCCCCCCCCCCCCCCCC)cc1. The van der Waals surface area contributed by atoms with E-state index in [4.69, 9.17) is 4.74 Å². The van der Waals surface area contributed by atoms with Crippen molar-refractivity contribution in [2.24, 2.45) is 0 Å². The molecule has 1 heteroatoms. The van der Waals surface area contributed by atoms with Gasteiger partial charge >= 0.3 is 0 Å². The highest BCUT2D eigenvalue weighted by molar-refractivity contribution is 5.50. The van der Waals surface area contributed by atoms with Gasteiger partial charge in [0.2, 0.25) is 0 Å². The molecule has 0 aliphatic carbocycles. The van der Waals surface area contributed by atoms with Crippen molar-refractivity contribution in [3.05, 3.63) is 35.9 Å². The minimum Gasteiger partial charge on any atom is -0.494 e. The summed E-state index contributed by atoms with van der Waals surface area (Å²) in [7, 11) is 0. The number of benzene rings is 1. The van der Waals surface area contributed by atoms with Crippen LogP contribution in [0.4, 0.5) is 0 Å². The van der Waals surface area contributed by atoms with Crippen LogP contribution in [0.3, 0.4) is 0 Å². The summed E-state index contributed by atoms with van der Waals surface area (Å²) in [5, 5.41) is 0. The normalized spacial score (nSPS) is 11.4. The van der Waals surface area contributed by atoms with Gasteiger partial charge in [0.15, 0.2) is 0 Å². The van der Waals surface area contributed by atoms with E-state index in [9.17, 15) is 0 Å². The van der Waals surface area contributed by atoms with Gasteiger partial charge < -0.3 is 4.74 Å². The lowest BCUT2D eigenvalue weighted by Crippen LogP contribution is -1.97. The van der Waals surface area contributed by atoms with E-state index in [1.165, 1.54) is 108 Å². The van der Waals surface area contributed by atoms with Gasteiger partial charge in [0.1, 0.15) is 5.75 Å². The van der Waals surface area contributed by atoms with E-state index in [-0.39, 0.29) is 0 Å². The molecule has 0 amide bonds. The average molecular weight is 387 g/mol. The number of hydrogen-bond donors (Lipinski definition) is 0. The van der Waals surface area contributed by atoms with Crippen molar-refractivity contribution in [2.45, 2.75) is 117 Å². The summed E-state index contributed by atoms with van der Waals surface area (Å²) >= 11 is 0. The molecule has 0 unspecified atom stereocenters. The fourth-order valence-electron chi connectivity index (χ4n) is 3.71. The zero-order chi connectivity index (χ0) is 20.1. The lowest BCUT2D eigenvalue weighted by Gasteiger charge is -2.06. The number of allylic oxidation sites excluding steroid dienone is 1. The standard InChI is InChI=1S/C27H46O/c1-3-5-6-7-8-9-10-11-12-13-14-15-16-17-18-19-25-28-27-23-21-26(20-4-2)22-24-27/h4,20-24H,3,5-19,25H2,1-2H3. The van der Waals surface area contributed by atoms with Crippen molar-refractivity contribution < 1.29 is 4.74 Å². The summed E-state index contributed by atoms with van der Waals surface area (Å²) in [6.07, 6.45) is 26.7. The molecule has 0 saturated carbocycles. The molecular weight excluding hydrogens is 340 g/mol. The highest BCUT2D eigenvalue weighted by atomic mass is 16.5. The maximum atomic E-state index is 5.83. The Morgan fingerprint density at radius 3 is 1.46 bits per heavy atom. The minimum atomic E-state index is 0.849. The van der Waals surface area contributed by atoms with Crippen molar-refractivity contribution in [3.8, 4) is 5.75 Å². The Morgan fingerprint density at radius 1 is 0.607 bits per heavy atom. The molecule has 0 aliphatic heterocycles. The van der Waals surface area contributed by atoms with Crippen molar-refractivity contribution in [1.82, 2.24) is 0 Å². The Bertz CT molecular complexity index is 460. The van der Waals surface area contributed by atoms with Crippen LogP contribution in [-0.2, 0) is 0 Å². The molecule has 0 saturated heterocycles. The topological polar surface area (TPSA) is 9.23 Å². The van der Waals surface area contributed by atoms with E-state index in [2.05, 4.69) is 43.3 Å². The first-order valence-corrected chi connectivity index (χ1v) is 12.2. The molecule has 0 spiro atoms. The Labute approximate surface area is 176 Å². The van der Waals surface area contributed by atoms with E-state index in [0.717, 1.165) is 12.4 Å². The van der Waals surface area contributed by atoms with E-state index in [0.29, 0.717) is 0 Å². The van der Waals surface area contributed by atoms with Crippen molar-refractivity contribution >= 4 is 6.08 Å². The van der Waals surface area contributed by atoms with Crippen LogP contribution in [0.15, 0.2) is 30.3 Å². The number of unbranched alkanes of at least 4 members (excludes halogenated alkanes) is 15. The third-order valence-corrected chi connectivity index (χ3v) is 5.51. The molecule has 1 rings (SSSR count). The first kappa shape index (κ1) is 24.8. The van der Waals surface area contributed by atoms with Crippen LogP contribution in [0.5, 0.6) is 5.75 Å². The predicted octanol–water partition coefficient (Wildman–Crippen LogP) is 9.36. The predicted molar refractivity (Wildman–Crippen MR) is 126 cm³/mol. The quantitative estimate of drug-likeness (QED) is 0.215. The summed E-state index contributed by atoms with van der Waals surface area (Å²) < 4.78 is 5.83. The maximum absolute atomic E-state index is 5.83. The van der Waals surface area contributed by atoms with Crippen LogP contribution >= 0.6 is 0 Å². The summed E-state index contributed by atoms with van der Waals surface area (Å²) in [6, 6.07) is 8.37. The second-order valence-electron chi connectivity index (χ2n) is 8.22. The van der Waals surface area contributed by atoms with Gasteiger partial charge in [0, 0.05) is 0 Å². The Hall–Kier alpha value is -1.24. The average Bonchev–Trinajstić information content (AvgIpc) is 2.72. The molecule has 1 aromatic carbocycles. The number of ether oxygens (including phenoxy) is 1. The van der Waals surface area contributed by atoms with Gasteiger partial charge in [-0.25, -0.2) is 0 Å². The molecule has 0 radical (unpaired) electrons. The molecule has 0 bridgehead atoms. The summed E-state index contributed by atoms with van der Waals surface area (Å²) in [5.74, 6) is 0.995. The van der Waals surface area contributed by atoms with Crippen LogP contribution in [0, 0.1) is 0 Å². The first-order chi connectivity index (χ1) is 13.9. The monoisotopic (exact) mass is 386 g/mol. The van der Waals surface area contributed by atoms with Gasteiger partial charge in [0.05, 0.1) is 6.61 Å². The van der Waals surface area contributed by atoms with Gasteiger partial charge in [0.25, 0.3) is 0 Å². The number of hydrogen-bond acceptors (Lipinski definition) is 1. The van der Waals surface area contributed by atoms with E-state index in [1.54, 1.807) is 0 Å². The zero-order valence-electron chi connectivity index (χ0n) is 18.9. The lowest BCUT2D eigenvalue weighted by atomic mass is 10.0. The Kier molecular flexibility index (Phi) is 16.9. The molecule has 1 nitrogen and oxygen atoms in total. The molecule has 0 aliphatic rings. The smallest absolute Gasteiger partial charge is 0.119 e. The molecule has 160 valence electrons. The van der Waals surface area contributed by atoms with E-state index >= 15 is 0 Å². The molecule has 0 fully saturated rings. The van der Waals surface area contributed by atoms with Crippen molar-refractivity contribution in [3.63, 3.8) is 0 Å². The highest BCUT2D eigenvalue weighted by Crippen LogP contribution is 2.15. The van der Waals surface area contributed by atoms with Crippen LogP contribution < -0.4 is 4.74 Å². The first-order valence-electron chi connectivity index (χ1n) is 12.2. The third kappa shape index (κ3) is 14.8. The van der Waals surface area contributed by atoms with Gasteiger partial charge in [-0.1, -0.05) is 128 Å². The zero-order valence-corrected chi connectivity index (χ0v) is 18.9. The van der Waals surface area contributed by atoms with Crippen molar-refractivity contribution in [2.75, 3.05) is 6.61 Å². The molecule has 28 heavy (non-hydrogen) atoms. The fraction of sp³-hybridized carbons (Fsp3) is 0.704. The van der Waals surface area contributed by atoms with Gasteiger partial charge in [-0.2, -0.15) is 0 Å². The molecule has 1 aromatic rings. The second-order valence-corrected chi connectivity index (χ2v) is 8.22. The third-order valence-electron chi connectivity index (χ3n) is 5.51. The fourth-order valence-corrected chi connectivity index (χ4v) is 3.71. The minimum absolute atomic E-state index is 0.849. The maximum Gasteiger partial charge on any atom is 0.119 e. The summed E-state index contributed by atoms with van der Waals surface area (Å²) in [4.78, 5) is 0. The highest BCUT2D eigenvalue weighted by Gasteiger charge is 1.96. The molecule has 0 aromatic heterocycles. The van der Waals surface area contributed by atoms with E-state index in [1.807, 2.05) is 6.92 Å². The van der Waals surface area contributed by atoms with Crippen LogP contribution in [0.25, 0.3) is 6.08 Å². The Morgan fingerprint density at radius 2 is 1.04 bits per heavy atom. The molecule has 0 N–H and O–H groups in total. The van der Waals surface area contributed by atoms with Crippen LogP contribution in [0.1, 0.15) is 122 Å². The summed E-state index contributed by atoms with van der Waals surface area (Å²) in [6.45, 7) is 5.18. The Balaban J connectivity index is 1.78.